The first kappa shape index (κ1) is 18.1. The van der Waals surface area contributed by atoms with E-state index in [1.807, 2.05) is 29.2 Å². The van der Waals surface area contributed by atoms with Gasteiger partial charge < -0.3 is 10.2 Å². The molecule has 0 aromatic heterocycles. The highest BCUT2D eigenvalue weighted by atomic mass is 32.2. The zero-order valence-electron chi connectivity index (χ0n) is 15.7. The molecule has 0 bridgehead atoms. The number of carbonyl (C=O) groups excluding carboxylic acids is 2. The second-order valence-electron chi connectivity index (χ2n) is 7.56. The molecule has 4 rings (SSSR count). The van der Waals surface area contributed by atoms with Gasteiger partial charge in [-0.15, -0.1) is 0 Å². The summed E-state index contributed by atoms with van der Waals surface area (Å²) < 4.78 is 0. The van der Waals surface area contributed by atoms with Crippen molar-refractivity contribution < 1.29 is 9.59 Å². The molecule has 2 aromatic carbocycles. The van der Waals surface area contributed by atoms with E-state index >= 15 is 0 Å². The first-order chi connectivity index (χ1) is 13.0. The second kappa shape index (κ2) is 7.39. The van der Waals surface area contributed by atoms with Crippen molar-refractivity contribution in [2.75, 3.05) is 11.9 Å². The molecule has 0 spiro atoms. The van der Waals surface area contributed by atoms with Crippen molar-refractivity contribution in [3.63, 3.8) is 0 Å². The van der Waals surface area contributed by atoms with Crippen molar-refractivity contribution in [2.24, 2.45) is 5.92 Å². The van der Waals surface area contributed by atoms with Crippen LogP contribution in [0.2, 0.25) is 0 Å². The van der Waals surface area contributed by atoms with Gasteiger partial charge in [0.1, 0.15) is 0 Å². The van der Waals surface area contributed by atoms with E-state index in [4.69, 9.17) is 0 Å². The number of nitrogens with one attached hydrogen (secondary N) is 1. The largest absolute Gasteiger partial charge is 0.339 e. The SMILES string of the molecule is Cc1ccc(Sc2ccc(NC(=O)C3CC(=O)N(C4CC4)C3)cc2)c(C)c1. The van der Waals surface area contributed by atoms with E-state index in [0.717, 1.165) is 23.4 Å². The average Bonchev–Trinajstić information content (AvgIpc) is 3.40. The molecule has 2 aliphatic rings. The maximum absolute atomic E-state index is 12.5. The monoisotopic (exact) mass is 380 g/mol. The number of nitrogens with zero attached hydrogens (tertiary/aromatic N) is 1. The van der Waals surface area contributed by atoms with Gasteiger partial charge in [0.2, 0.25) is 11.8 Å². The van der Waals surface area contributed by atoms with Gasteiger partial charge in [0.05, 0.1) is 5.92 Å². The fraction of sp³-hybridized carbons (Fsp3) is 0.364. The van der Waals surface area contributed by atoms with E-state index in [0.29, 0.717) is 19.0 Å². The van der Waals surface area contributed by atoms with Crippen LogP contribution in [0.1, 0.15) is 30.4 Å². The molecule has 1 saturated heterocycles. The minimum absolute atomic E-state index is 0.0544. The van der Waals surface area contributed by atoms with Gasteiger partial charge in [-0.05, 0) is 62.6 Å². The normalized spacial score (nSPS) is 19.4. The number of amides is 2. The molecule has 1 unspecified atom stereocenters. The van der Waals surface area contributed by atoms with Gasteiger partial charge in [-0.1, -0.05) is 29.5 Å². The summed E-state index contributed by atoms with van der Waals surface area (Å²) in [6.45, 7) is 4.79. The first-order valence-corrected chi connectivity index (χ1v) is 10.3. The van der Waals surface area contributed by atoms with Crippen molar-refractivity contribution in [3.8, 4) is 0 Å². The number of rotatable bonds is 5. The molecule has 4 nitrogen and oxygen atoms in total. The van der Waals surface area contributed by atoms with Crippen molar-refractivity contribution >= 4 is 29.3 Å². The van der Waals surface area contributed by atoms with Crippen LogP contribution in [0.15, 0.2) is 52.3 Å². The molecular weight excluding hydrogens is 356 g/mol. The summed E-state index contributed by atoms with van der Waals surface area (Å²) in [5, 5.41) is 2.97. The lowest BCUT2D eigenvalue weighted by atomic mass is 10.1. The standard InChI is InChI=1S/C22H24N2O2S/c1-14-3-10-20(15(2)11-14)27-19-8-4-17(5-9-19)23-22(26)16-12-21(25)24(13-16)18-6-7-18/h3-5,8-11,16,18H,6-7,12-13H2,1-2H3,(H,23,26). The van der Waals surface area contributed by atoms with E-state index < -0.39 is 0 Å². The third-order valence-corrected chi connectivity index (χ3v) is 6.38. The smallest absolute Gasteiger partial charge is 0.229 e. The summed E-state index contributed by atoms with van der Waals surface area (Å²) >= 11 is 1.72. The van der Waals surface area contributed by atoms with Crippen LogP contribution in [0.3, 0.4) is 0 Å². The molecule has 5 heteroatoms. The Morgan fingerprint density at radius 2 is 1.85 bits per heavy atom. The molecule has 1 N–H and O–H groups in total. The van der Waals surface area contributed by atoms with Crippen LogP contribution in [0.25, 0.3) is 0 Å². The number of hydrogen-bond donors (Lipinski definition) is 1. The Balaban J connectivity index is 1.36. The van der Waals surface area contributed by atoms with Crippen molar-refractivity contribution in [3.05, 3.63) is 53.6 Å². The summed E-state index contributed by atoms with van der Waals surface area (Å²) in [6, 6.07) is 14.7. The highest BCUT2D eigenvalue weighted by molar-refractivity contribution is 7.99. The number of benzene rings is 2. The van der Waals surface area contributed by atoms with Crippen LogP contribution in [0.5, 0.6) is 0 Å². The summed E-state index contributed by atoms with van der Waals surface area (Å²) in [6.07, 6.45) is 2.50. The molecule has 1 saturated carbocycles. The summed E-state index contributed by atoms with van der Waals surface area (Å²) in [4.78, 5) is 28.8. The van der Waals surface area contributed by atoms with Gasteiger partial charge >= 0.3 is 0 Å². The van der Waals surface area contributed by atoms with E-state index in [-0.39, 0.29) is 17.7 Å². The predicted octanol–water partition coefficient (Wildman–Crippen LogP) is 4.40. The second-order valence-corrected chi connectivity index (χ2v) is 8.68. The Morgan fingerprint density at radius 1 is 1.11 bits per heavy atom. The van der Waals surface area contributed by atoms with Gasteiger partial charge in [0, 0.05) is 34.5 Å². The fourth-order valence-electron chi connectivity index (χ4n) is 3.54. The van der Waals surface area contributed by atoms with Gasteiger partial charge in [0.25, 0.3) is 0 Å². The number of hydrogen-bond acceptors (Lipinski definition) is 3. The van der Waals surface area contributed by atoms with Gasteiger partial charge in [-0.3, -0.25) is 9.59 Å². The molecule has 0 radical (unpaired) electrons. The minimum atomic E-state index is -0.234. The van der Waals surface area contributed by atoms with Crippen LogP contribution >= 0.6 is 11.8 Å². The van der Waals surface area contributed by atoms with Crippen LogP contribution in [-0.2, 0) is 9.59 Å². The number of carbonyl (C=O) groups is 2. The lowest BCUT2D eigenvalue weighted by Gasteiger charge is -2.15. The van der Waals surface area contributed by atoms with Gasteiger partial charge in [0.15, 0.2) is 0 Å². The Morgan fingerprint density at radius 3 is 2.52 bits per heavy atom. The predicted molar refractivity (Wildman–Crippen MR) is 108 cm³/mol. The molecule has 140 valence electrons. The minimum Gasteiger partial charge on any atom is -0.339 e. The molecule has 1 atom stereocenters. The molecule has 1 aliphatic heterocycles. The molecule has 1 aliphatic carbocycles. The molecule has 2 amide bonds. The lowest BCUT2D eigenvalue weighted by Crippen LogP contribution is -2.29. The molecule has 27 heavy (non-hydrogen) atoms. The van der Waals surface area contributed by atoms with Crippen molar-refractivity contribution in [1.29, 1.82) is 0 Å². The molecule has 2 aromatic rings. The quantitative estimate of drug-likeness (QED) is 0.836. The summed E-state index contributed by atoms with van der Waals surface area (Å²) in [7, 11) is 0. The Bertz CT molecular complexity index is 874. The Kier molecular flexibility index (Phi) is 4.96. The van der Waals surface area contributed by atoms with Crippen LogP contribution in [-0.4, -0.2) is 29.3 Å². The van der Waals surface area contributed by atoms with E-state index in [1.165, 1.54) is 16.0 Å². The highest BCUT2D eigenvalue weighted by Gasteiger charge is 2.41. The van der Waals surface area contributed by atoms with Crippen molar-refractivity contribution in [1.82, 2.24) is 4.90 Å². The molecule has 1 heterocycles. The third kappa shape index (κ3) is 4.19. The zero-order chi connectivity index (χ0) is 19.0. The Labute approximate surface area is 164 Å². The molecular formula is C22H24N2O2S. The fourth-order valence-corrected chi connectivity index (χ4v) is 4.42. The molecule has 2 fully saturated rings. The van der Waals surface area contributed by atoms with E-state index in [9.17, 15) is 9.59 Å². The summed E-state index contributed by atoms with van der Waals surface area (Å²) in [5.74, 6) is -0.165. The number of likely N-dealkylation sites (tertiary alicyclic amines) is 1. The first-order valence-electron chi connectivity index (χ1n) is 9.45. The zero-order valence-corrected chi connectivity index (χ0v) is 16.5. The number of aryl methyl sites for hydroxylation is 2. The van der Waals surface area contributed by atoms with Gasteiger partial charge in [-0.25, -0.2) is 0 Å². The number of anilines is 1. The third-order valence-electron chi connectivity index (χ3n) is 5.20. The maximum atomic E-state index is 12.5. The van der Waals surface area contributed by atoms with Gasteiger partial charge in [-0.2, -0.15) is 0 Å². The van der Waals surface area contributed by atoms with Crippen LogP contribution < -0.4 is 5.32 Å². The van der Waals surface area contributed by atoms with Crippen LogP contribution in [0, 0.1) is 19.8 Å². The highest BCUT2D eigenvalue weighted by Crippen LogP contribution is 2.34. The van der Waals surface area contributed by atoms with E-state index in [1.54, 1.807) is 11.8 Å². The lowest BCUT2D eigenvalue weighted by molar-refractivity contribution is -0.128. The van der Waals surface area contributed by atoms with Crippen molar-refractivity contribution in [2.45, 2.75) is 48.9 Å². The van der Waals surface area contributed by atoms with E-state index in [2.05, 4.69) is 37.4 Å². The Hall–Kier alpha value is -2.27. The topological polar surface area (TPSA) is 49.4 Å². The maximum Gasteiger partial charge on any atom is 0.229 e. The average molecular weight is 381 g/mol. The summed E-state index contributed by atoms with van der Waals surface area (Å²) in [5.41, 5.74) is 3.31. The van der Waals surface area contributed by atoms with Crippen LogP contribution in [0.4, 0.5) is 5.69 Å².